The molecule has 1 unspecified atom stereocenters. The van der Waals surface area contributed by atoms with Gasteiger partial charge in [-0.2, -0.15) is 12.6 Å². The summed E-state index contributed by atoms with van der Waals surface area (Å²) in [6.45, 7) is 3.84. The average molecular weight is 275 g/mol. The Morgan fingerprint density at radius 2 is 1.72 bits per heavy atom. The zero-order chi connectivity index (χ0) is 13.1. The van der Waals surface area contributed by atoms with Crippen LogP contribution in [0.2, 0.25) is 0 Å². The molecule has 0 aromatic rings. The van der Waals surface area contributed by atoms with Crippen LogP contribution in [0.5, 0.6) is 0 Å². The van der Waals surface area contributed by atoms with E-state index in [2.05, 4.69) is 17.5 Å². The second-order valence-corrected chi connectivity index (χ2v) is 5.59. The molecule has 0 aromatic heterocycles. The summed E-state index contributed by atoms with van der Waals surface area (Å²) in [5.41, 5.74) is 0. The first-order valence-corrected chi connectivity index (χ1v) is 8.05. The summed E-state index contributed by atoms with van der Waals surface area (Å²) in [5.74, 6) is 1.03. The molecule has 0 saturated carbocycles. The van der Waals surface area contributed by atoms with Crippen LogP contribution in [0.3, 0.4) is 0 Å². The number of unbranched alkanes of at least 4 members (excludes halogenated alkanes) is 6. The second kappa shape index (κ2) is 11.1. The van der Waals surface area contributed by atoms with E-state index in [-0.39, 0.29) is 12.6 Å². The van der Waals surface area contributed by atoms with Crippen molar-refractivity contribution < 1.29 is 9.84 Å². The molecule has 1 N–H and O–H groups in total. The summed E-state index contributed by atoms with van der Waals surface area (Å²) in [7, 11) is 0. The lowest BCUT2D eigenvalue weighted by Gasteiger charge is -2.34. The van der Waals surface area contributed by atoms with E-state index < -0.39 is 0 Å². The number of morpholine rings is 1. The van der Waals surface area contributed by atoms with Gasteiger partial charge in [0.05, 0.1) is 25.9 Å². The number of aliphatic hydroxyl groups is 1. The van der Waals surface area contributed by atoms with E-state index in [9.17, 15) is 5.11 Å². The third-order valence-corrected chi connectivity index (χ3v) is 3.98. The van der Waals surface area contributed by atoms with E-state index in [0.717, 1.165) is 25.4 Å². The van der Waals surface area contributed by atoms with Crippen molar-refractivity contribution in [2.75, 3.05) is 38.7 Å². The van der Waals surface area contributed by atoms with E-state index in [1.807, 2.05) is 0 Å². The lowest BCUT2D eigenvalue weighted by atomic mass is 10.1. The number of nitrogens with zero attached hydrogens (tertiary/aromatic N) is 1. The summed E-state index contributed by atoms with van der Waals surface area (Å²) < 4.78 is 5.38. The predicted octanol–water partition coefficient (Wildman–Crippen LogP) is 2.34. The highest BCUT2D eigenvalue weighted by Gasteiger charge is 2.21. The van der Waals surface area contributed by atoms with Gasteiger partial charge in [-0.1, -0.05) is 32.1 Å². The number of hydrogen-bond donors (Lipinski definition) is 2. The van der Waals surface area contributed by atoms with Crippen molar-refractivity contribution in [2.24, 2.45) is 0 Å². The van der Waals surface area contributed by atoms with E-state index in [0.29, 0.717) is 6.61 Å². The zero-order valence-corrected chi connectivity index (χ0v) is 12.4. The number of hydrogen-bond acceptors (Lipinski definition) is 4. The fraction of sp³-hybridized carbons (Fsp3) is 1.00. The van der Waals surface area contributed by atoms with Gasteiger partial charge in [0.2, 0.25) is 0 Å². The molecule has 1 saturated heterocycles. The maximum Gasteiger partial charge on any atom is 0.0644 e. The Kier molecular flexibility index (Phi) is 10.0. The quantitative estimate of drug-likeness (QED) is 0.474. The summed E-state index contributed by atoms with van der Waals surface area (Å²) in [6.07, 6.45) is 9.23. The zero-order valence-electron chi connectivity index (χ0n) is 11.5. The molecule has 1 rings (SSSR count). The van der Waals surface area contributed by atoms with Gasteiger partial charge in [0.25, 0.3) is 0 Å². The number of rotatable bonds is 10. The monoisotopic (exact) mass is 275 g/mol. The molecule has 0 radical (unpaired) electrons. The first-order valence-electron chi connectivity index (χ1n) is 7.42. The van der Waals surface area contributed by atoms with Crippen LogP contribution >= 0.6 is 12.6 Å². The number of ether oxygens (including phenoxy) is 1. The Bertz CT molecular complexity index is 193. The van der Waals surface area contributed by atoms with Gasteiger partial charge in [-0.3, -0.25) is 4.90 Å². The van der Waals surface area contributed by atoms with Crippen molar-refractivity contribution >= 4 is 12.6 Å². The van der Waals surface area contributed by atoms with E-state index in [1.54, 1.807) is 0 Å². The van der Waals surface area contributed by atoms with Gasteiger partial charge in [-0.15, -0.1) is 0 Å². The number of thiol groups is 1. The average Bonchev–Trinajstić information content (AvgIpc) is 2.42. The van der Waals surface area contributed by atoms with Crippen LogP contribution in [-0.2, 0) is 4.74 Å². The first-order chi connectivity index (χ1) is 8.88. The Morgan fingerprint density at radius 1 is 1.06 bits per heavy atom. The summed E-state index contributed by atoms with van der Waals surface area (Å²) in [4.78, 5) is 2.38. The molecule has 0 aromatic carbocycles. The van der Waals surface area contributed by atoms with Gasteiger partial charge in [0.1, 0.15) is 0 Å². The molecule has 1 aliphatic rings. The molecule has 1 aliphatic heterocycles. The molecule has 1 heterocycles. The molecule has 1 atom stereocenters. The van der Waals surface area contributed by atoms with Crippen molar-refractivity contribution in [1.82, 2.24) is 4.90 Å². The van der Waals surface area contributed by atoms with E-state index in [4.69, 9.17) is 4.74 Å². The largest absolute Gasteiger partial charge is 0.395 e. The fourth-order valence-corrected chi connectivity index (χ4v) is 2.69. The first kappa shape index (κ1) is 16.3. The smallest absolute Gasteiger partial charge is 0.0644 e. The molecule has 1 fully saturated rings. The predicted molar refractivity (Wildman–Crippen MR) is 79.4 cm³/mol. The van der Waals surface area contributed by atoms with Crippen LogP contribution in [-0.4, -0.2) is 54.7 Å². The maximum atomic E-state index is 9.26. The van der Waals surface area contributed by atoms with Gasteiger partial charge in [0.15, 0.2) is 0 Å². The molecule has 108 valence electrons. The molecule has 0 amide bonds. The highest BCUT2D eigenvalue weighted by atomic mass is 32.1. The standard InChI is InChI=1S/C14H29NO2S/c16-12-14-13-17-10-9-15(14)8-6-4-2-1-3-5-7-11-18/h14,16,18H,1-13H2. The van der Waals surface area contributed by atoms with Crippen molar-refractivity contribution in [3.63, 3.8) is 0 Å². The molecule has 18 heavy (non-hydrogen) atoms. The Balaban J connectivity index is 1.93. The SMILES string of the molecule is OCC1COCCN1CCCCCCCCCS. The summed E-state index contributed by atoms with van der Waals surface area (Å²) in [6, 6.07) is 0.231. The van der Waals surface area contributed by atoms with Crippen molar-refractivity contribution in [3.05, 3.63) is 0 Å². The van der Waals surface area contributed by atoms with E-state index >= 15 is 0 Å². The molecular formula is C14H29NO2S. The normalized spacial score (nSPS) is 21.3. The van der Waals surface area contributed by atoms with Crippen molar-refractivity contribution in [3.8, 4) is 0 Å². The topological polar surface area (TPSA) is 32.7 Å². The van der Waals surface area contributed by atoms with Gasteiger partial charge >= 0.3 is 0 Å². The van der Waals surface area contributed by atoms with Gasteiger partial charge in [0, 0.05) is 6.54 Å². The van der Waals surface area contributed by atoms with Crippen molar-refractivity contribution in [1.29, 1.82) is 0 Å². The summed E-state index contributed by atoms with van der Waals surface area (Å²) in [5, 5.41) is 9.26. The molecule has 3 nitrogen and oxygen atoms in total. The minimum Gasteiger partial charge on any atom is -0.395 e. The summed E-state index contributed by atoms with van der Waals surface area (Å²) >= 11 is 4.22. The highest BCUT2D eigenvalue weighted by molar-refractivity contribution is 7.80. The molecule has 4 heteroatoms. The maximum absolute atomic E-state index is 9.26. The van der Waals surface area contributed by atoms with Crippen LogP contribution in [0.1, 0.15) is 44.9 Å². The van der Waals surface area contributed by atoms with Gasteiger partial charge < -0.3 is 9.84 Å². The fourth-order valence-electron chi connectivity index (χ4n) is 2.46. The molecular weight excluding hydrogens is 246 g/mol. The minimum atomic E-state index is 0.226. The number of aliphatic hydroxyl groups excluding tert-OH is 1. The van der Waals surface area contributed by atoms with Crippen LogP contribution in [0.15, 0.2) is 0 Å². The second-order valence-electron chi connectivity index (χ2n) is 5.15. The van der Waals surface area contributed by atoms with Gasteiger partial charge in [-0.25, -0.2) is 0 Å². The van der Waals surface area contributed by atoms with Crippen LogP contribution in [0.25, 0.3) is 0 Å². The van der Waals surface area contributed by atoms with E-state index in [1.165, 1.54) is 44.9 Å². The minimum absolute atomic E-state index is 0.226. The Hall–Kier alpha value is 0.230. The Labute approximate surface area is 117 Å². The third-order valence-electron chi connectivity index (χ3n) is 3.66. The van der Waals surface area contributed by atoms with Crippen LogP contribution in [0, 0.1) is 0 Å². The molecule has 0 spiro atoms. The Morgan fingerprint density at radius 3 is 2.39 bits per heavy atom. The molecule has 0 aliphatic carbocycles. The van der Waals surface area contributed by atoms with Crippen LogP contribution < -0.4 is 0 Å². The lowest BCUT2D eigenvalue weighted by Crippen LogP contribution is -2.47. The third kappa shape index (κ3) is 6.98. The van der Waals surface area contributed by atoms with Gasteiger partial charge in [-0.05, 0) is 25.1 Å². The molecule has 0 bridgehead atoms. The highest BCUT2D eigenvalue weighted by Crippen LogP contribution is 2.11. The lowest BCUT2D eigenvalue weighted by molar-refractivity contribution is -0.0278. The van der Waals surface area contributed by atoms with Crippen molar-refractivity contribution in [2.45, 2.75) is 51.0 Å². The van der Waals surface area contributed by atoms with Crippen LogP contribution in [0.4, 0.5) is 0 Å².